The lowest BCUT2D eigenvalue weighted by Crippen LogP contribution is -2.47. The molecule has 26 heavy (non-hydrogen) atoms. The lowest BCUT2D eigenvalue weighted by Gasteiger charge is -2.29. The number of benzene rings is 1. The molecular formula is C19H20Cl2N2O2S. The van der Waals surface area contributed by atoms with E-state index in [1.54, 1.807) is 34.4 Å². The van der Waals surface area contributed by atoms with Crippen LogP contribution in [0.5, 0.6) is 0 Å². The van der Waals surface area contributed by atoms with E-state index in [9.17, 15) is 9.59 Å². The maximum absolute atomic E-state index is 13.1. The number of carbonyl (C=O) groups is 2. The minimum absolute atomic E-state index is 0.00631. The Morgan fingerprint density at radius 2 is 2.08 bits per heavy atom. The summed E-state index contributed by atoms with van der Waals surface area (Å²) in [6.07, 6.45) is 1.51. The first-order valence-electron chi connectivity index (χ1n) is 8.58. The lowest BCUT2D eigenvalue weighted by atomic mass is 10.1. The molecule has 2 amide bonds. The van der Waals surface area contributed by atoms with Crippen molar-refractivity contribution in [3.8, 4) is 0 Å². The van der Waals surface area contributed by atoms with Crippen molar-refractivity contribution in [2.75, 3.05) is 13.1 Å². The molecule has 1 unspecified atom stereocenters. The smallest absolute Gasteiger partial charge is 0.254 e. The van der Waals surface area contributed by atoms with Gasteiger partial charge in [0, 0.05) is 23.5 Å². The summed E-state index contributed by atoms with van der Waals surface area (Å²) in [6.45, 7) is 3.73. The molecule has 1 aromatic heterocycles. The maximum atomic E-state index is 13.1. The van der Waals surface area contributed by atoms with Gasteiger partial charge in [-0.15, -0.1) is 11.3 Å². The first-order valence-corrected chi connectivity index (χ1v) is 10.2. The third-order valence-corrected chi connectivity index (χ3v) is 6.19. The van der Waals surface area contributed by atoms with Gasteiger partial charge in [-0.3, -0.25) is 9.59 Å². The fraction of sp³-hybridized carbons (Fsp3) is 0.368. The Kier molecular flexibility index (Phi) is 6.22. The first kappa shape index (κ1) is 19.2. The summed E-state index contributed by atoms with van der Waals surface area (Å²) in [5.41, 5.74) is 0.459. The first-order chi connectivity index (χ1) is 12.5. The van der Waals surface area contributed by atoms with Gasteiger partial charge in [0.05, 0.1) is 16.6 Å². The predicted molar refractivity (Wildman–Crippen MR) is 106 cm³/mol. The molecule has 138 valence electrons. The van der Waals surface area contributed by atoms with E-state index >= 15 is 0 Å². The number of amides is 2. The molecule has 0 aliphatic carbocycles. The maximum Gasteiger partial charge on any atom is 0.254 e. The zero-order chi connectivity index (χ0) is 18.7. The van der Waals surface area contributed by atoms with Crippen LogP contribution in [0.3, 0.4) is 0 Å². The van der Waals surface area contributed by atoms with Crippen LogP contribution >= 0.6 is 34.5 Å². The number of hydrogen-bond donors (Lipinski definition) is 0. The Bertz CT molecular complexity index is 795. The SMILES string of the molecule is CCN(Cc1cccs1)C(=O)C1CCCN1C(=O)c1ccc(Cl)c(Cl)c1. The van der Waals surface area contributed by atoms with Crippen LogP contribution in [-0.2, 0) is 11.3 Å². The average molecular weight is 411 g/mol. The number of nitrogens with zero attached hydrogens (tertiary/aromatic N) is 2. The van der Waals surface area contributed by atoms with Crippen molar-refractivity contribution in [2.45, 2.75) is 32.4 Å². The zero-order valence-electron chi connectivity index (χ0n) is 14.5. The molecule has 1 saturated heterocycles. The van der Waals surface area contributed by atoms with Crippen molar-refractivity contribution in [2.24, 2.45) is 0 Å². The number of likely N-dealkylation sites (N-methyl/N-ethyl adjacent to an activating group) is 1. The molecule has 2 heterocycles. The lowest BCUT2D eigenvalue weighted by molar-refractivity contribution is -0.135. The Hall–Kier alpha value is -1.56. The van der Waals surface area contributed by atoms with Gasteiger partial charge in [0.15, 0.2) is 0 Å². The van der Waals surface area contributed by atoms with E-state index in [0.717, 1.165) is 11.3 Å². The minimum Gasteiger partial charge on any atom is -0.336 e. The van der Waals surface area contributed by atoms with Gasteiger partial charge in [-0.2, -0.15) is 0 Å². The third-order valence-electron chi connectivity index (χ3n) is 4.59. The van der Waals surface area contributed by atoms with Crippen molar-refractivity contribution in [1.29, 1.82) is 0 Å². The van der Waals surface area contributed by atoms with Gasteiger partial charge < -0.3 is 9.80 Å². The van der Waals surface area contributed by atoms with E-state index in [4.69, 9.17) is 23.2 Å². The number of carbonyl (C=O) groups excluding carboxylic acids is 2. The van der Waals surface area contributed by atoms with Crippen LogP contribution in [0.25, 0.3) is 0 Å². The second-order valence-electron chi connectivity index (χ2n) is 6.22. The molecule has 0 saturated carbocycles. The van der Waals surface area contributed by atoms with E-state index in [2.05, 4.69) is 0 Å². The van der Waals surface area contributed by atoms with Crippen LogP contribution in [0.2, 0.25) is 10.0 Å². The van der Waals surface area contributed by atoms with Crippen LogP contribution < -0.4 is 0 Å². The summed E-state index contributed by atoms with van der Waals surface area (Å²) in [7, 11) is 0. The molecule has 0 N–H and O–H groups in total. The van der Waals surface area contributed by atoms with Gasteiger partial charge in [0.25, 0.3) is 5.91 Å². The standard InChI is InChI=1S/C19H20Cl2N2O2S/c1-2-22(12-14-5-4-10-26-14)19(25)17-6-3-9-23(17)18(24)13-7-8-15(20)16(21)11-13/h4-5,7-8,10-11,17H,2-3,6,9,12H2,1H3. The average Bonchev–Trinajstić information content (AvgIpc) is 3.32. The number of thiophene rings is 1. The number of halogens is 2. The van der Waals surface area contributed by atoms with Crippen LogP contribution in [-0.4, -0.2) is 40.7 Å². The van der Waals surface area contributed by atoms with Crippen LogP contribution in [0.1, 0.15) is 35.0 Å². The molecule has 0 spiro atoms. The molecule has 0 bridgehead atoms. The Morgan fingerprint density at radius 3 is 2.73 bits per heavy atom. The summed E-state index contributed by atoms with van der Waals surface area (Å²) in [5.74, 6) is -0.168. The fourth-order valence-electron chi connectivity index (χ4n) is 3.21. The molecule has 0 radical (unpaired) electrons. The van der Waals surface area contributed by atoms with Gasteiger partial charge in [-0.25, -0.2) is 0 Å². The molecule has 2 aromatic rings. The highest BCUT2D eigenvalue weighted by molar-refractivity contribution is 7.09. The summed E-state index contributed by atoms with van der Waals surface area (Å²) >= 11 is 13.6. The Balaban J connectivity index is 1.76. The van der Waals surface area contributed by atoms with Crippen LogP contribution in [0.15, 0.2) is 35.7 Å². The highest BCUT2D eigenvalue weighted by Gasteiger charge is 2.36. The van der Waals surface area contributed by atoms with Crippen molar-refractivity contribution < 1.29 is 9.59 Å². The van der Waals surface area contributed by atoms with Gasteiger partial charge >= 0.3 is 0 Å². The molecule has 1 aliphatic heterocycles. The van der Waals surface area contributed by atoms with Crippen LogP contribution in [0, 0.1) is 0 Å². The normalized spacial score (nSPS) is 16.7. The quantitative estimate of drug-likeness (QED) is 0.715. The Morgan fingerprint density at radius 1 is 1.27 bits per heavy atom. The summed E-state index contributed by atoms with van der Waals surface area (Å²) in [5, 5.41) is 2.75. The van der Waals surface area contributed by atoms with E-state index in [1.165, 1.54) is 0 Å². The number of hydrogen-bond acceptors (Lipinski definition) is 3. The van der Waals surface area contributed by atoms with Crippen molar-refractivity contribution in [3.05, 3.63) is 56.2 Å². The minimum atomic E-state index is -0.420. The van der Waals surface area contributed by atoms with Gasteiger partial charge in [0.2, 0.25) is 5.91 Å². The molecule has 1 aliphatic rings. The fourth-order valence-corrected chi connectivity index (χ4v) is 4.23. The van der Waals surface area contributed by atoms with Crippen LogP contribution in [0.4, 0.5) is 0 Å². The number of rotatable bonds is 5. The third kappa shape index (κ3) is 4.05. The van der Waals surface area contributed by atoms with E-state index in [1.807, 2.05) is 29.3 Å². The molecular weight excluding hydrogens is 391 g/mol. The summed E-state index contributed by atoms with van der Waals surface area (Å²) < 4.78 is 0. The molecule has 1 atom stereocenters. The highest BCUT2D eigenvalue weighted by Crippen LogP contribution is 2.27. The second kappa shape index (κ2) is 8.42. The zero-order valence-corrected chi connectivity index (χ0v) is 16.8. The summed E-state index contributed by atoms with van der Waals surface area (Å²) in [4.78, 5) is 30.6. The van der Waals surface area contributed by atoms with Crippen molar-refractivity contribution in [1.82, 2.24) is 9.80 Å². The van der Waals surface area contributed by atoms with E-state index in [-0.39, 0.29) is 11.8 Å². The molecule has 3 rings (SSSR count). The molecule has 1 fully saturated rings. The Labute approximate surface area is 167 Å². The highest BCUT2D eigenvalue weighted by atomic mass is 35.5. The van der Waals surface area contributed by atoms with Gasteiger partial charge in [-0.1, -0.05) is 29.3 Å². The van der Waals surface area contributed by atoms with E-state index < -0.39 is 6.04 Å². The molecule has 7 heteroatoms. The number of likely N-dealkylation sites (tertiary alicyclic amines) is 1. The second-order valence-corrected chi connectivity index (χ2v) is 8.06. The topological polar surface area (TPSA) is 40.6 Å². The molecule has 1 aromatic carbocycles. The van der Waals surface area contributed by atoms with Crippen molar-refractivity contribution in [3.63, 3.8) is 0 Å². The van der Waals surface area contributed by atoms with Gasteiger partial charge in [0.1, 0.15) is 6.04 Å². The predicted octanol–water partition coefficient (Wildman–Crippen LogP) is 4.71. The molecule has 4 nitrogen and oxygen atoms in total. The summed E-state index contributed by atoms with van der Waals surface area (Å²) in [6, 6.07) is 8.41. The largest absolute Gasteiger partial charge is 0.336 e. The van der Waals surface area contributed by atoms with Gasteiger partial charge in [-0.05, 0) is 49.4 Å². The van der Waals surface area contributed by atoms with Crippen molar-refractivity contribution >= 4 is 46.4 Å². The monoisotopic (exact) mass is 410 g/mol. The van der Waals surface area contributed by atoms with E-state index in [0.29, 0.717) is 41.7 Å².